The highest BCUT2D eigenvalue weighted by Gasteiger charge is 2.25. The van der Waals surface area contributed by atoms with Crippen LogP contribution in [0.4, 0.5) is 4.79 Å². The van der Waals surface area contributed by atoms with Gasteiger partial charge in [0, 0.05) is 36.2 Å². The molecule has 166 valence electrons. The molecule has 4 rings (SSSR count). The molecule has 6 nitrogen and oxygen atoms in total. The SMILES string of the molecule is CC.O=C(NCc1ccc(S(=O)(=O)N2CCCCC2)cc1)n1ccc2cc(Cl)ccc21. The Morgan fingerprint density at radius 3 is 2.35 bits per heavy atom. The average Bonchev–Trinajstić information content (AvgIpc) is 3.23. The number of amides is 1. The molecule has 1 aliphatic rings. The summed E-state index contributed by atoms with van der Waals surface area (Å²) in [6, 6.07) is 13.6. The molecule has 8 heteroatoms. The van der Waals surface area contributed by atoms with E-state index in [9.17, 15) is 13.2 Å². The lowest BCUT2D eigenvalue weighted by Gasteiger charge is -2.25. The summed E-state index contributed by atoms with van der Waals surface area (Å²) in [5.41, 5.74) is 1.60. The molecule has 1 saturated heterocycles. The molecule has 1 fully saturated rings. The number of halogens is 1. The number of hydrogen-bond donors (Lipinski definition) is 1. The van der Waals surface area contributed by atoms with Crippen LogP contribution in [-0.4, -0.2) is 36.4 Å². The van der Waals surface area contributed by atoms with Crippen LogP contribution >= 0.6 is 11.6 Å². The molecule has 1 amide bonds. The molecule has 0 spiro atoms. The molecule has 0 radical (unpaired) electrons. The summed E-state index contributed by atoms with van der Waals surface area (Å²) in [7, 11) is -3.44. The standard InChI is InChI=1S/C21H22ClN3O3S.C2H6/c22-18-6-9-20-17(14-18)10-13-25(20)21(26)23-15-16-4-7-19(8-5-16)29(27,28)24-11-2-1-3-12-24;1-2/h4-10,13-14H,1-3,11-12,15H2,(H,23,26);1-2H3. The van der Waals surface area contributed by atoms with E-state index in [0.717, 1.165) is 35.7 Å². The summed E-state index contributed by atoms with van der Waals surface area (Å²) in [5, 5.41) is 4.37. The topological polar surface area (TPSA) is 71.4 Å². The lowest BCUT2D eigenvalue weighted by atomic mass is 10.2. The minimum Gasteiger partial charge on any atom is -0.333 e. The first-order chi connectivity index (χ1) is 14.9. The number of piperidine rings is 1. The minimum absolute atomic E-state index is 0.257. The second-order valence-electron chi connectivity index (χ2n) is 7.16. The molecule has 31 heavy (non-hydrogen) atoms. The number of hydrogen-bond acceptors (Lipinski definition) is 3. The summed E-state index contributed by atoms with van der Waals surface area (Å²) in [6.45, 7) is 5.46. The molecule has 1 aliphatic heterocycles. The highest BCUT2D eigenvalue weighted by Crippen LogP contribution is 2.22. The first-order valence-electron chi connectivity index (χ1n) is 10.6. The number of rotatable bonds is 4. The molecule has 2 aromatic carbocycles. The summed E-state index contributed by atoms with van der Waals surface area (Å²) < 4.78 is 28.5. The molecule has 0 unspecified atom stereocenters. The van der Waals surface area contributed by atoms with Crippen LogP contribution in [0, 0.1) is 0 Å². The smallest absolute Gasteiger partial charge is 0.326 e. The Labute approximate surface area is 188 Å². The lowest BCUT2D eigenvalue weighted by molar-refractivity contribution is 0.243. The van der Waals surface area contributed by atoms with Gasteiger partial charge in [0.15, 0.2) is 0 Å². The zero-order valence-electron chi connectivity index (χ0n) is 17.8. The van der Waals surface area contributed by atoms with Gasteiger partial charge in [0.1, 0.15) is 0 Å². The van der Waals surface area contributed by atoms with E-state index in [4.69, 9.17) is 11.6 Å². The predicted octanol–water partition coefficient (Wildman–Crippen LogP) is 5.25. The van der Waals surface area contributed by atoms with E-state index < -0.39 is 10.0 Å². The van der Waals surface area contributed by atoms with Crippen LogP contribution in [0.5, 0.6) is 0 Å². The quantitative estimate of drug-likeness (QED) is 0.576. The van der Waals surface area contributed by atoms with Crippen molar-refractivity contribution in [2.45, 2.75) is 44.6 Å². The van der Waals surface area contributed by atoms with Crippen LogP contribution in [0.25, 0.3) is 10.9 Å². The van der Waals surface area contributed by atoms with Gasteiger partial charge in [0.2, 0.25) is 10.0 Å². The van der Waals surface area contributed by atoms with Crippen molar-refractivity contribution in [3.8, 4) is 0 Å². The van der Waals surface area contributed by atoms with Crippen LogP contribution in [0.15, 0.2) is 59.6 Å². The first kappa shape index (κ1) is 23.3. The van der Waals surface area contributed by atoms with E-state index in [0.29, 0.717) is 29.6 Å². The summed E-state index contributed by atoms with van der Waals surface area (Å²) in [4.78, 5) is 12.8. The van der Waals surface area contributed by atoms with Crippen molar-refractivity contribution in [3.05, 3.63) is 65.3 Å². The zero-order chi connectivity index (χ0) is 22.4. The number of nitrogens with zero attached hydrogens (tertiary/aromatic N) is 2. The first-order valence-corrected chi connectivity index (χ1v) is 12.4. The van der Waals surface area contributed by atoms with Crippen molar-refractivity contribution >= 4 is 38.6 Å². The molecule has 0 aliphatic carbocycles. The van der Waals surface area contributed by atoms with Gasteiger partial charge in [-0.1, -0.05) is 44.0 Å². The van der Waals surface area contributed by atoms with Gasteiger partial charge < -0.3 is 5.32 Å². The third-order valence-electron chi connectivity index (χ3n) is 5.19. The molecule has 3 aromatic rings. The maximum Gasteiger partial charge on any atom is 0.326 e. The van der Waals surface area contributed by atoms with Crippen LogP contribution in [0.3, 0.4) is 0 Å². The fourth-order valence-electron chi connectivity index (χ4n) is 3.59. The molecular formula is C23H28ClN3O3S. The number of sulfonamides is 1. The third kappa shape index (κ3) is 5.29. The molecule has 0 saturated carbocycles. The largest absolute Gasteiger partial charge is 0.333 e. The minimum atomic E-state index is -3.44. The molecule has 1 N–H and O–H groups in total. The fraction of sp³-hybridized carbons (Fsp3) is 0.348. The zero-order valence-corrected chi connectivity index (χ0v) is 19.4. The number of fused-ring (bicyclic) bond motifs is 1. The van der Waals surface area contributed by atoms with Gasteiger partial charge in [-0.3, -0.25) is 4.57 Å². The second-order valence-corrected chi connectivity index (χ2v) is 9.53. The highest BCUT2D eigenvalue weighted by molar-refractivity contribution is 7.89. The van der Waals surface area contributed by atoms with Gasteiger partial charge in [0.05, 0.1) is 10.4 Å². The molecule has 2 heterocycles. The van der Waals surface area contributed by atoms with Gasteiger partial charge in [-0.05, 0) is 54.8 Å². The van der Waals surface area contributed by atoms with Crippen molar-refractivity contribution in [2.75, 3.05) is 13.1 Å². The van der Waals surface area contributed by atoms with Gasteiger partial charge in [-0.25, -0.2) is 13.2 Å². The Hall–Kier alpha value is -2.35. The Morgan fingerprint density at radius 1 is 1.00 bits per heavy atom. The number of carbonyl (C=O) groups is 1. The van der Waals surface area contributed by atoms with Crippen molar-refractivity contribution in [1.29, 1.82) is 0 Å². The van der Waals surface area contributed by atoms with Crippen LogP contribution in [-0.2, 0) is 16.6 Å². The average molecular weight is 462 g/mol. The molecular weight excluding hydrogens is 434 g/mol. The summed E-state index contributed by atoms with van der Waals surface area (Å²) in [5.74, 6) is 0. The predicted molar refractivity (Wildman–Crippen MR) is 125 cm³/mol. The molecule has 0 atom stereocenters. The van der Waals surface area contributed by atoms with Crippen molar-refractivity contribution in [1.82, 2.24) is 14.2 Å². The van der Waals surface area contributed by atoms with E-state index in [-0.39, 0.29) is 6.03 Å². The summed E-state index contributed by atoms with van der Waals surface area (Å²) >= 11 is 5.99. The van der Waals surface area contributed by atoms with Crippen molar-refractivity contribution in [2.24, 2.45) is 0 Å². The Morgan fingerprint density at radius 2 is 1.68 bits per heavy atom. The van der Waals surface area contributed by atoms with E-state index in [2.05, 4.69) is 5.32 Å². The molecule has 1 aromatic heterocycles. The fourth-order valence-corrected chi connectivity index (χ4v) is 5.28. The van der Waals surface area contributed by atoms with Gasteiger partial charge in [-0.15, -0.1) is 0 Å². The monoisotopic (exact) mass is 461 g/mol. The molecule has 0 bridgehead atoms. The van der Waals surface area contributed by atoms with Crippen LogP contribution in [0.2, 0.25) is 5.02 Å². The number of nitrogens with one attached hydrogen (secondary N) is 1. The van der Waals surface area contributed by atoms with Gasteiger partial charge in [-0.2, -0.15) is 4.31 Å². The Kier molecular flexibility index (Phi) is 7.75. The lowest BCUT2D eigenvalue weighted by Crippen LogP contribution is -2.35. The highest BCUT2D eigenvalue weighted by atomic mass is 35.5. The van der Waals surface area contributed by atoms with Crippen LogP contribution in [0.1, 0.15) is 38.7 Å². The van der Waals surface area contributed by atoms with E-state index in [1.54, 1.807) is 46.9 Å². The van der Waals surface area contributed by atoms with E-state index in [1.165, 1.54) is 4.57 Å². The van der Waals surface area contributed by atoms with Crippen LogP contribution < -0.4 is 5.32 Å². The maximum absolute atomic E-state index is 12.7. The van der Waals surface area contributed by atoms with Gasteiger partial charge in [0.25, 0.3) is 0 Å². The number of benzene rings is 2. The normalized spacial score (nSPS) is 14.7. The van der Waals surface area contributed by atoms with E-state index in [1.807, 2.05) is 26.0 Å². The Bertz CT molecular complexity index is 1130. The van der Waals surface area contributed by atoms with Crippen molar-refractivity contribution in [3.63, 3.8) is 0 Å². The third-order valence-corrected chi connectivity index (χ3v) is 7.34. The number of carbonyl (C=O) groups excluding carboxylic acids is 1. The number of aromatic nitrogens is 1. The summed E-state index contributed by atoms with van der Waals surface area (Å²) in [6.07, 6.45) is 4.59. The van der Waals surface area contributed by atoms with Gasteiger partial charge >= 0.3 is 6.03 Å². The Balaban J connectivity index is 0.00000132. The maximum atomic E-state index is 12.7. The van der Waals surface area contributed by atoms with Crippen molar-refractivity contribution < 1.29 is 13.2 Å². The van der Waals surface area contributed by atoms with E-state index >= 15 is 0 Å². The second kappa shape index (κ2) is 10.3.